The standard InChI is InChI=1S/C11H6F2N.C8H5F3N4.Ir/c12-9-5-4-8(7-10(9)13)11-3-1-2-6-14-11;9-8(10,11)7-13-6(14-15-7)5-3-1-2-4-12-5;/h1-3,5-7H;1-4,6H;/q-1;;. The quantitative estimate of drug-likeness (QED) is 0.297. The summed E-state index contributed by atoms with van der Waals surface area (Å²) < 4.78 is 61.9. The fourth-order valence-corrected chi connectivity index (χ4v) is 2.18. The van der Waals surface area contributed by atoms with E-state index in [-0.39, 0.29) is 20.1 Å². The van der Waals surface area contributed by atoms with Gasteiger partial charge in [0.15, 0.2) is 0 Å². The van der Waals surface area contributed by atoms with Crippen LogP contribution < -0.4 is 0 Å². The second kappa shape index (κ2) is 10.2. The second-order valence-electron chi connectivity index (χ2n) is 5.55. The molecule has 3 aromatic rings. The van der Waals surface area contributed by atoms with Crippen LogP contribution in [0.1, 0.15) is 11.9 Å². The van der Waals surface area contributed by atoms with E-state index in [1.54, 1.807) is 42.6 Å². The van der Waals surface area contributed by atoms with Crippen LogP contribution >= 0.6 is 0 Å². The first-order chi connectivity index (χ1) is 13.8. The molecule has 0 aliphatic carbocycles. The number of aromatic nitrogens is 2. The molecule has 30 heavy (non-hydrogen) atoms. The molecule has 11 heteroatoms. The summed E-state index contributed by atoms with van der Waals surface area (Å²) in [6.07, 6.45) is -2.47. The minimum Gasteiger partial charge on any atom is -0.305 e. The summed E-state index contributed by atoms with van der Waals surface area (Å²) in [5.74, 6) is -2.99. The monoisotopic (exact) mass is 597 g/mol. The molecule has 0 saturated heterocycles. The van der Waals surface area contributed by atoms with Gasteiger partial charge < -0.3 is 4.98 Å². The molecule has 0 bridgehead atoms. The van der Waals surface area contributed by atoms with Crippen molar-refractivity contribution in [3.05, 3.63) is 84.3 Å². The fourth-order valence-electron chi connectivity index (χ4n) is 2.18. The Bertz CT molecular complexity index is 1030. The van der Waals surface area contributed by atoms with Gasteiger partial charge in [0.1, 0.15) is 0 Å². The van der Waals surface area contributed by atoms with E-state index in [4.69, 9.17) is 0 Å². The average Bonchev–Trinajstić information content (AvgIpc) is 3.23. The van der Waals surface area contributed by atoms with Crippen LogP contribution in [0.2, 0.25) is 0 Å². The number of hydrogen-bond acceptors (Lipinski definition) is 5. The summed E-state index contributed by atoms with van der Waals surface area (Å²) in [6, 6.07) is 14.8. The molecule has 0 saturated carbocycles. The largest absolute Gasteiger partial charge is 0.453 e. The number of azo groups is 1. The van der Waals surface area contributed by atoms with Crippen molar-refractivity contribution >= 4 is 5.84 Å². The normalized spacial score (nSPS) is 15.0. The third-order valence-corrected chi connectivity index (χ3v) is 3.51. The minimum absolute atomic E-state index is 0. The van der Waals surface area contributed by atoms with Crippen molar-refractivity contribution in [2.75, 3.05) is 0 Å². The topological polar surface area (TPSA) is 62.9 Å². The number of hydrogen-bond donors (Lipinski definition) is 0. The number of pyridine rings is 2. The number of aliphatic imine (C=N–C) groups is 1. The maximum absolute atomic E-state index is 12.8. The number of benzene rings is 1. The van der Waals surface area contributed by atoms with E-state index in [0.29, 0.717) is 17.0 Å². The van der Waals surface area contributed by atoms with Crippen LogP contribution in [0, 0.1) is 17.7 Å². The van der Waals surface area contributed by atoms with E-state index in [1.807, 2.05) is 0 Å². The van der Waals surface area contributed by atoms with Crippen LogP contribution in [0.4, 0.5) is 22.0 Å². The zero-order valence-electron chi connectivity index (χ0n) is 14.8. The van der Waals surface area contributed by atoms with Gasteiger partial charge in [-0.05, 0) is 23.9 Å². The van der Waals surface area contributed by atoms with Gasteiger partial charge in [-0.25, -0.2) is 9.38 Å². The van der Waals surface area contributed by atoms with Crippen molar-refractivity contribution in [3.8, 4) is 11.3 Å². The maximum Gasteiger partial charge on any atom is 0.453 e. The Balaban J connectivity index is 0.000000207. The van der Waals surface area contributed by atoms with E-state index in [1.165, 1.54) is 6.20 Å². The van der Waals surface area contributed by atoms with Crippen molar-refractivity contribution in [3.63, 3.8) is 0 Å². The van der Waals surface area contributed by atoms with Crippen LogP contribution in [-0.4, -0.2) is 22.0 Å². The zero-order chi connectivity index (χ0) is 20.9. The predicted molar refractivity (Wildman–Crippen MR) is 93.7 cm³/mol. The van der Waals surface area contributed by atoms with Crippen molar-refractivity contribution in [1.29, 1.82) is 0 Å². The van der Waals surface area contributed by atoms with Gasteiger partial charge in [-0.3, -0.25) is 9.37 Å². The summed E-state index contributed by atoms with van der Waals surface area (Å²) in [4.78, 5) is 11.2. The van der Waals surface area contributed by atoms with E-state index < -0.39 is 29.8 Å². The molecule has 0 amide bonds. The number of halogens is 5. The summed E-state index contributed by atoms with van der Waals surface area (Å²) in [5, 5.41) is 6.37. The van der Waals surface area contributed by atoms with E-state index in [9.17, 15) is 22.0 Å². The SMILES string of the molecule is FC(F)(F)C1=NC(c2ccccn2)N=N1.Fc1c[c-]c(-c2ccccn2)cc1F.[Ir]. The number of rotatable bonds is 2. The number of amidine groups is 1. The molecule has 2 aromatic heterocycles. The van der Waals surface area contributed by atoms with E-state index in [2.05, 4.69) is 31.3 Å². The Morgan fingerprint density at radius 2 is 1.60 bits per heavy atom. The van der Waals surface area contributed by atoms with E-state index in [0.717, 1.165) is 12.1 Å². The van der Waals surface area contributed by atoms with Gasteiger partial charge in [-0.2, -0.15) is 18.3 Å². The van der Waals surface area contributed by atoms with Gasteiger partial charge in [0.25, 0.3) is 5.84 Å². The Hall–Kier alpha value is -2.91. The molecule has 5 nitrogen and oxygen atoms in total. The molecule has 0 fully saturated rings. The van der Waals surface area contributed by atoms with Gasteiger partial charge >= 0.3 is 6.18 Å². The molecule has 1 unspecified atom stereocenters. The minimum atomic E-state index is -4.55. The van der Waals surface area contributed by atoms with Gasteiger partial charge in [-0.1, -0.05) is 18.2 Å². The Morgan fingerprint density at radius 3 is 2.13 bits per heavy atom. The summed E-state index contributed by atoms with van der Waals surface area (Å²) in [6.45, 7) is 0. The molecule has 1 atom stereocenters. The first-order valence-electron chi connectivity index (χ1n) is 8.09. The molecule has 1 aliphatic rings. The molecule has 3 heterocycles. The van der Waals surface area contributed by atoms with Crippen LogP contribution in [0.15, 0.2) is 76.1 Å². The first kappa shape index (κ1) is 23.4. The Kier molecular flexibility index (Phi) is 7.96. The van der Waals surface area contributed by atoms with Crippen LogP contribution in [0.25, 0.3) is 11.3 Å². The van der Waals surface area contributed by atoms with Gasteiger partial charge in [0.2, 0.25) is 6.17 Å². The molecule has 1 radical (unpaired) electrons. The number of nitrogens with zero attached hydrogens (tertiary/aromatic N) is 5. The fraction of sp³-hybridized carbons (Fsp3) is 0.105. The summed E-state index contributed by atoms with van der Waals surface area (Å²) >= 11 is 0. The summed E-state index contributed by atoms with van der Waals surface area (Å²) in [5.41, 5.74) is 1.37. The third-order valence-electron chi connectivity index (χ3n) is 3.51. The van der Waals surface area contributed by atoms with Crippen LogP contribution in [0.5, 0.6) is 0 Å². The van der Waals surface area contributed by atoms with Gasteiger partial charge in [0, 0.05) is 32.5 Å². The molecule has 1 aliphatic heterocycles. The molecule has 4 rings (SSSR count). The second-order valence-corrected chi connectivity index (χ2v) is 5.55. The first-order valence-corrected chi connectivity index (χ1v) is 8.09. The van der Waals surface area contributed by atoms with Crippen molar-refractivity contribution in [1.82, 2.24) is 9.97 Å². The maximum atomic E-state index is 12.8. The van der Waals surface area contributed by atoms with Gasteiger partial charge in [-0.15, -0.1) is 28.9 Å². The third kappa shape index (κ3) is 6.04. The molecule has 1 aromatic carbocycles. The van der Waals surface area contributed by atoms with Crippen molar-refractivity contribution in [2.24, 2.45) is 15.2 Å². The van der Waals surface area contributed by atoms with Crippen molar-refractivity contribution < 1.29 is 42.1 Å². The van der Waals surface area contributed by atoms with Gasteiger partial charge in [0.05, 0.1) is 17.3 Å². The number of alkyl halides is 3. The molecule has 157 valence electrons. The Morgan fingerprint density at radius 1 is 0.900 bits per heavy atom. The molecular formula is C19H11F5IrN5-. The Labute approximate surface area is 181 Å². The molecule has 0 N–H and O–H groups in total. The van der Waals surface area contributed by atoms with E-state index >= 15 is 0 Å². The van der Waals surface area contributed by atoms with Crippen molar-refractivity contribution in [2.45, 2.75) is 12.3 Å². The van der Waals surface area contributed by atoms with Crippen LogP contribution in [-0.2, 0) is 20.1 Å². The summed E-state index contributed by atoms with van der Waals surface area (Å²) in [7, 11) is 0. The predicted octanol–water partition coefficient (Wildman–Crippen LogP) is 5.33. The molecular weight excluding hydrogens is 585 g/mol. The average molecular weight is 597 g/mol. The zero-order valence-corrected chi connectivity index (χ0v) is 17.2. The smallest absolute Gasteiger partial charge is 0.305 e. The molecule has 0 spiro atoms. The van der Waals surface area contributed by atoms with Crippen LogP contribution in [0.3, 0.4) is 0 Å².